The summed E-state index contributed by atoms with van der Waals surface area (Å²) in [5.74, 6) is 0.650. The highest BCUT2D eigenvalue weighted by atomic mass is 79.9. The molecule has 2 heterocycles. The number of pyridine rings is 1. The van der Waals surface area contributed by atoms with Gasteiger partial charge in [-0.2, -0.15) is 4.98 Å². The molecule has 0 aliphatic heterocycles. The number of nitrogen functional groups attached to an aromatic ring is 1. The van der Waals surface area contributed by atoms with Crippen molar-refractivity contribution in [3.05, 3.63) is 52.1 Å². The first-order chi connectivity index (χ1) is 10.2. The summed E-state index contributed by atoms with van der Waals surface area (Å²) in [5, 5.41) is 7.90. The van der Waals surface area contributed by atoms with Gasteiger partial charge in [-0.1, -0.05) is 6.07 Å². The van der Waals surface area contributed by atoms with Crippen molar-refractivity contribution in [3.8, 4) is 0 Å². The zero-order valence-corrected chi connectivity index (χ0v) is 12.8. The molecule has 21 heavy (non-hydrogen) atoms. The molecule has 2 aromatic heterocycles. The van der Waals surface area contributed by atoms with Crippen LogP contribution in [0.15, 0.2) is 41.0 Å². The van der Waals surface area contributed by atoms with Gasteiger partial charge in [-0.25, -0.2) is 4.52 Å². The Hall–Kier alpha value is -2.08. The number of benzene rings is 1. The zero-order chi connectivity index (χ0) is 14.4. The van der Waals surface area contributed by atoms with Gasteiger partial charge in [0.15, 0.2) is 5.65 Å². The Morgan fingerprint density at radius 3 is 3.10 bits per heavy atom. The number of fused-ring (bicyclic) bond motifs is 2. The van der Waals surface area contributed by atoms with Crippen LogP contribution in [0, 0.1) is 0 Å². The van der Waals surface area contributed by atoms with Crippen molar-refractivity contribution >= 4 is 33.2 Å². The fourth-order valence-corrected chi connectivity index (χ4v) is 3.30. The summed E-state index contributed by atoms with van der Waals surface area (Å²) in [6, 6.07) is 10.2. The summed E-state index contributed by atoms with van der Waals surface area (Å²) < 4.78 is 2.70. The Morgan fingerprint density at radius 2 is 2.24 bits per heavy atom. The minimum Gasteiger partial charge on any atom is -0.399 e. The molecule has 6 heteroatoms. The summed E-state index contributed by atoms with van der Waals surface area (Å²) in [4.78, 5) is 4.54. The van der Waals surface area contributed by atoms with Crippen LogP contribution in [0.4, 0.5) is 11.6 Å². The number of nitrogens with zero attached hydrogens (tertiary/aromatic N) is 3. The summed E-state index contributed by atoms with van der Waals surface area (Å²) in [7, 11) is 0. The van der Waals surface area contributed by atoms with Gasteiger partial charge in [0.05, 0.1) is 10.5 Å². The summed E-state index contributed by atoms with van der Waals surface area (Å²) in [5.41, 5.74) is 10.1. The number of anilines is 2. The van der Waals surface area contributed by atoms with Crippen LogP contribution < -0.4 is 11.1 Å². The number of aromatic nitrogens is 3. The van der Waals surface area contributed by atoms with E-state index in [0.717, 1.165) is 28.6 Å². The molecule has 1 aliphatic rings. The molecule has 3 N–H and O–H groups in total. The van der Waals surface area contributed by atoms with Crippen LogP contribution in [-0.2, 0) is 6.42 Å². The highest BCUT2D eigenvalue weighted by Crippen LogP contribution is 2.34. The molecule has 4 rings (SSSR count). The van der Waals surface area contributed by atoms with E-state index in [-0.39, 0.29) is 6.04 Å². The predicted octanol–water partition coefficient (Wildman–Crippen LogP) is 3.17. The van der Waals surface area contributed by atoms with Gasteiger partial charge in [0.2, 0.25) is 5.95 Å². The van der Waals surface area contributed by atoms with Crippen molar-refractivity contribution in [2.45, 2.75) is 18.9 Å². The van der Waals surface area contributed by atoms with Crippen molar-refractivity contribution in [1.29, 1.82) is 0 Å². The molecule has 3 aromatic rings. The van der Waals surface area contributed by atoms with Crippen molar-refractivity contribution in [1.82, 2.24) is 14.6 Å². The van der Waals surface area contributed by atoms with Gasteiger partial charge in [0.25, 0.3) is 0 Å². The summed E-state index contributed by atoms with van der Waals surface area (Å²) in [6.45, 7) is 0. The van der Waals surface area contributed by atoms with Crippen LogP contribution >= 0.6 is 15.9 Å². The lowest BCUT2D eigenvalue weighted by atomic mass is 10.1. The number of aryl methyl sites for hydroxylation is 1. The lowest BCUT2D eigenvalue weighted by Gasteiger charge is -2.12. The van der Waals surface area contributed by atoms with Crippen LogP contribution in [-0.4, -0.2) is 14.6 Å². The number of hydrogen-bond donors (Lipinski definition) is 2. The van der Waals surface area contributed by atoms with Gasteiger partial charge in [-0.15, -0.1) is 5.10 Å². The molecule has 0 amide bonds. The third-order valence-corrected chi connectivity index (χ3v) is 4.48. The van der Waals surface area contributed by atoms with E-state index in [4.69, 9.17) is 5.73 Å². The normalized spacial score (nSPS) is 17.1. The van der Waals surface area contributed by atoms with Crippen LogP contribution in [0.25, 0.3) is 5.65 Å². The second-order valence-electron chi connectivity index (χ2n) is 5.25. The molecule has 1 unspecified atom stereocenters. The average molecular weight is 344 g/mol. The van der Waals surface area contributed by atoms with Crippen LogP contribution in [0.3, 0.4) is 0 Å². The average Bonchev–Trinajstić information content (AvgIpc) is 3.04. The van der Waals surface area contributed by atoms with Crippen LogP contribution in [0.5, 0.6) is 0 Å². The number of nitrogens with one attached hydrogen (secondary N) is 1. The lowest BCUT2D eigenvalue weighted by molar-refractivity contribution is 0.750. The van der Waals surface area contributed by atoms with Crippen molar-refractivity contribution in [2.75, 3.05) is 11.1 Å². The SMILES string of the molecule is Nc1ccc2c(c1)CCC2Nc1nc2c(Br)cccn2n1. The van der Waals surface area contributed by atoms with Gasteiger partial charge >= 0.3 is 0 Å². The van der Waals surface area contributed by atoms with Gasteiger partial charge in [-0.05, 0) is 64.2 Å². The maximum absolute atomic E-state index is 5.84. The molecule has 1 aromatic carbocycles. The summed E-state index contributed by atoms with van der Waals surface area (Å²) in [6.07, 6.45) is 3.96. The highest BCUT2D eigenvalue weighted by molar-refractivity contribution is 9.10. The highest BCUT2D eigenvalue weighted by Gasteiger charge is 2.23. The fraction of sp³-hybridized carbons (Fsp3) is 0.200. The molecular formula is C15H14BrN5. The van der Waals surface area contributed by atoms with Crippen molar-refractivity contribution < 1.29 is 0 Å². The molecule has 0 radical (unpaired) electrons. The van der Waals surface area contributed by atoms with E-state index in [1.807, 2.05) is 24.4 Å². The smallest absolute Gasteiger partial charge is 0.243 e. The maximum Gasteiger partial charge on any atom is 0.243 e. The number of halogens is 1. The first-order valence-corrected chi connectivity index (χ1v) is 7.66. The Balaban J connectivity index is 1.66. The standard InChI is InChI=1S/C15H14BrN5/c16-12-2-1-7-21-14(12)19-15(20-21)18-13-6-3-9-8-10(17)4-5-11(9)13/h1-2,4-5,7-8,13H,3,6,17H2,(H,18,20). The van der Waals surface area contributed by atoms with E-state index in [0.29, 0.717) is 5.95 Å². The molecule has 1 aliphatic carbocycles. The van der Waals surface area contributed by atoms with Gasteiger partial charge in [0, 0.05) is 11.9 Å². The monoisotopic (exact) mass is 343 g/mol. The molecule has 0 bridgehead atoms. The number of hydrogen-bond acceptors (Lipinski definition) is 4. The largest absolute Gasteiger partial charge is 0.399 e. The van der Waals surface area contributed by atoms with Crippen LogP contribution in [0.2, 0.25) is 0 Å². The van der Waals surface area contributed by atoms with Crippen molar-refractivity contribution in [2.24, 2.45) is 0 Å². The molecule has 0 saturated heterocycles. The first-order valence-electron chi connectivity index (χ1n) is 6.86. The minimum atomic E-state index is 0.247. The van der Waals surface area contributed by atoms with Crippen LogP contribution in [0.1, 0.15) is 23.6 Å². The third kappa shape index (κ3) is 2.15. The number of nitrogens with two attached hydrogens (primary N) is 1. The Kier molecular flexibility index (Phi) is 2.85. The second-order valence-corrected chi connectivity index (χ2v) is 6.11. The Bertz CT molecular complexity index is 826. The Morgan fingerprint density at radius 1 is 1.33 bits per heavy atom. The second kappa shape index (κ2) is 4.73. The third-order valence-electron chi connectivity index (χ3n) is 3.86. The molecule has 0 fully saturated rings. The molecule has 1 atom stereocenters. The molecule has 0 spiro atoms. The van der Waals surface area contributed by atoms with E-state index in [1.165, 1.54) is 11.1 Å². The Labute approximate surface area is 130 Å². The lowest BCUT2D eigenvalue weighted by Crippen LogP contribution is -2.08. The minimum absolute atomic E-state index is 0.247. The maximum atomic E-state index is 5.84. The summed E-state index contributed by atoms with van der Waals surface area (Å²) >= 11 is 3.49. The van der Waals surface area contributed by atoms with Gasteiger partial charge in [0.1, 0.15) is 0 Å². The molecule has 5 nitrogen and oxygen atoms in total. The molecule has 106 valence electrons. The van der Waals surface area contributed by atoms with E-state index >= 15 is 0 Å². The topological polar surface area (TPSA) is 68.2 Å². The molecular weight excluding hydrogens is 330 g/mol. The zero-order valence-electron chi connectivity index (χ0n) is 11.3. The van der Waals surface area contributed by atoms with Gasteiger partial charge < -0.3 is 11.1 Å². The quantitative estimate of drug-likeness (QED) is 0.701. The van der Waals surface area contributed by atoms with E-state index < -0.39 is 0 Å². The van der Waals surface area contributed by atoms with E-state index in [9.17, 15) is 0 Å². The van der Waals surface area contributed by atoms with E-state index in [2.05, 4.69) is 43.5 Å². The predicted molar refractivity (Wildman–Crippen MR) is 86.2 cm³/mol. The van der Waals surface area contributed by atoms with Gasteiger partial charge in [-0.3, -0.25) is 0 Å². The molecule has 0 saturated carbocycles. The van der Waals surface area contributed by atoms with E-state index in [1.54, 1.807) is 4.52 Å². The number of rotatable bonds is 2. The van der Waals surface area contributed by atoms with Crippen molar-refractivity contribution in [3.63, 3.8) is 0 Å². The fourth-order valence-electron chi connectivity index (χ4n) is 2.88. The first kappa shape index (κ1) is 12.6.